The van der Waals surface area contributed by atoms with Crippen molar-refractivity contribution in [2.45, 2.75) is 37.2 Å². The predicted molar refractivity (Wildman–Crippen MR) is 94.9 cm³/mol. The molecule has 8 nitrogen and oxygen atoms in total. The van der Waals surface area contributed by atoms with Crippen LogP contribution in [0.15, 0.2) is 30.3 Å². The van der Waals surface area contributed by atoms with Crippen molar-refractivity contribution < 1.29 is 33.7 Å². The largest absolute Gasteiger partial charge is 0.454 e. The second-order valence-corrected chi connectivity index (χ2v) is 6.60. The number of hydrogen-bond donors (Lipinski definition) is 1. The first-order valence-electron chi connectivity index (χ1n) is 9.21. The average Bonchev–Trinajstić information content (AvgIpc) is 3.21. The number of carbonyl (C=O) groups is 1. The number of methoxy groups -OCH3 is 1. The topological polar surface area (TPSA) is 86.7 Å². The zero-order chi connectivity index (χ0) is 19.1. The van der Waals surface area contributed by atoms with Crippen molar-refractivity contribution in [1.82, 2.24) is 5.06 Å². The molecule has 0 saturated carbocycles. The zero-order valence-electron chi connectivity index (χ0n) is 15.5. The van der Waals surface area contributed by atoms with Gasteiger partial charge in [-0.3, -0.25) is 4.84 Å². The third kappa shape index (κ3) is 5.25. The highest BCUT2D eigenvalue weighted by Gasteiger charge is 2.51. The minimum atomic E-state index is -0.465. The van der Waals surface area contributed by atoms with Crippen LogP contribution in [-0.4, -0.2) is 80.8 Å². The van der Waals surface area contributed by atoms with E-state index in [0.717, 1.165) is 0 Å². The molecule has 0 radical (unpaired) electrons. The fourth-order valence-corrected chi connectivity index (χ4v) is 3.42. The number of esters is 1. The fraction of sp³-hybridized carbons (Fsp3) is 0.632. The molecule has 2 fully saturated rings. The van der Waals surface area contributed by atoms with Crippen LogP contribution < -0.4 is 0 Å². The quantitative estimate of drug-likeness (QED) is 0.365. The van der Waals surface area contributed by atoms with Gasteiger partial charge in [0.25, 0.3) is 0 Å². The van der Waals surface area contributed by atoms with E-state index in [1.54, 1.807) is 31.4 Å². The van der Waals surface area contributed by atoms with Crippen LogP contribution in [0, 0.1) is 0 Å². The molecule has 150 valence electrons. The van der Waals surface area contributed by atoms with Crippen LogP contribution in [0.4, 0.5) is 0 Å². The van der Waals surface area contributed by atoms with E-state index in [9.17, 15) is 4.79 Å². The van der Waals surface area contributed by atoms with E-state index >= 15 is 0 Å². The summed E-state index contributed by atoms with van der Waals surface area (Å²) >= 11 is 0. The Labute approximate surface area is 158 Å². The van der Waals surface area contributed by atoms with Crippen LogP contribution in [0.2, 0.25) is 0 Å². The van der Waals surface area contributed by atoms with Gasteiger partial charge in [0.15, 0.2) is 0 Å². The van der Waals surface area contributed by atoms with Crippen molar-refractivity contribution >= 4 is 5.97 Å². The molecule has 27 heavy (non-hydrogen) atoms. The summed E-state index contributed by atoms with van der Waals surface area (Å²) < 4.78 is 21.9. The van der Waals surface area contributed by atoms with Gasteiger partial charge < -0.3 is 24.1 Å². The Hall–Kier alpha value is -1.55. The number of aliphatic hydroxyl groups excluding tert-OH is 1. The smallest absolute Gasteiger partial charge is 0.338 e. The SMILES string of the molecule is COCCOCO[C@@H]1CN2O[C@H](CCO)C[C@H]2[C@@H]1OC(=O)c1ccccc1. The molecule has 2 aliphatic rings. The molecule has 0 unspecified atom stereocenters. The zero-order valence-corrected chi connectivity index (χ0v) is 15.5. The number of aliphatic hydroxyl groups is 1. The van der Waals surface area contributed by atoms with E-state index in [4.69, 9.17) is 28.9 Å². The van der Waals surface area contributed by atoms with Crippen LogP contribution >= 0.6 is 0 Å². The molecule has 0 aromatic heterocycles. The number of fused-ring (bicyclic) bond motifs is 1. The van der Waals surface area contributed by atoms with E-state index in [1.807, 2.05) is 11.1 Å². The second kappa shape index (κ2) is 10.1. The lowest BCUT2D eigenvalue weighted by molar-refractivity contribution is -0.164. The Morgan fingerprint density at radius 1 is 1.30 bits per heavy atom. The second-order valence-electron chi connectivity index (χ2n) is 6.60. The Kier molecular flexibility index (Phi) is 7.57. The first-order valence-corrected chi connectivity index (χ1v) is 9.21. The molecule has 3 rings (SSSR count). The van der Waals surface area contributed by atoms with E-state index in [2.05, 4.69) is 0 Å². The molecular weight excluding hydrogens is 354 g/mol. The van der Waals surface area contributed by atoms with Crippen LogP contribution in [0.1, 0.15) is 23.2 Å². The van der Waals surface area contributed by atoms with E-state index < -0.39 is 6.10 Å². The van der Waals surface area contributed by atoms with Crippen LogP contribution in [0.5, 0.6) is 0 Å². The third-order valence-electron chi connectivity index (χ3n) is 4.77. The van der Waals surface area contributed by atoms with E-state index in [1.165, 1.54) is 0 Å². The van der Waals surface area contributed by atoms with Crippen LogP contribution in [0.25, 0.3) is 0 Å². The highest BCUT2D eigenvalue weighted by atomic mass is 16.7. The van der Waals surface area contributed by atoms with E-state index in [0.29, 0.717) is 38.2 Å². The van der Waals surface area contributed by atoms with Gasteiger partial charge in [0.2, 0.25) is 0 Å². The van der Waals surface area contributed by atoms with Gasteiger partial charge in [0.05, 0.1) is 37.5 Å². The maximum atomic E-state index is 12.5. The van der Waals surface area contributed by atoms with Crippen molar-refractivity contribution in [3.05, 3.63) is 35.9 Å². The number of hydrogen-bond acceptors (Lipinski definition) is 8. The lowest BCUT2D eigenvalue weighted by atomic mass is 10.0. The predicted octanol–water partition coefficient (Wildman–Crippen LogP) is 0.988. The molecule has 1 aromatic rings. The van der Waals surface area contributed by atoms with Crippen molar-refractivity contribution in [2.24, 2.45) is 0 Å². The summed E-state index contributed by atoms with van der Waals surface area (Å²) in [4.78, 5) is 18.4. The summed E-state index contributed by atoms with van der Waals surface area (Å²) in [5, 5.41) is 11.0. The van der Waals surface area contributed by atoms with Gasteiger partial charge in [-0.15, -0.1) is 0 Å². The van der Waals surface area contributed by atoms with Crippen molar-refractivity contribution in [3.8, 4) is 0 Å². The third-order valence-corrected chi connectivity index (χ3v) is 4.77. The average molecular weight is 381 g/mol. The summed E-state index contributed by atoms with van der Waals surface area (Å²) in [5.74, 6) is -0.387. The van der Waals surface area contributed by atoms with Crippen molar-refractivity contribution in [3.63, 3.8) is 0 Å². The normalized spacial score (nSPS) is 27.6. The molecule has 4 atom stereocenters. The lowest BCUT2D eigenvalue weighted by Gasteiger charge is -2.23. The van der Waals surface area contributed by atoms with Gasteiger partial charge in [-0.2, -0.15) is 5.06 Å². The van der Waals surface area contributed by atoms with Crippen molar-refractivity contribution in [1.29, 1.82) is 0 Å². The molecule has 1 aromatic carbocycles. The van der Waals surface area contributed by atoms with Gasteiger partial charge in [-0.05, 0) is 25.0 Å². The molecular formula is C19H27NO7. The summed E-state index contributed by atoms with van der Waals surface area (Å²) in [7, 11) is 1.61. The van der Waals surface area contributed by atoms with Crippen molar-refractivity contribution in [2.75, 3.05) is 40.3 Å². The Bertz CT molecular complexity index is 585. The number of hydroxylamine groups is 2. The molecule has 1 N–H and O–H groups in total. The van der Waals surface area contributed by atoms with Gasteiger partial charge >= 0.3 is 5.97 Å². The number of nitrogens with zero attached hydrogens (tertiary/aromatic N) is 1. The minimum Gasteiger partial charge on any atom is -0.454 e. The number of ether oxygens (including phenoxy) is 4. The Morgan fingerprint density at radius 2 is 2.11 bits per heavy atom. The molecule has 2 saturated heterocycles. The van der Waals surface area contributed by atoms with Gasteiger partial charge in [0, 0.05) is 13.7 Å². The maximum Gasteiger partial charge on any atom is 0.338 e. The molecule has 8 heteroatoms. The monoisotopic (exact) mass is 381 g/mol. The van der Waals surface area contributed by atoms with Crippen LogP contribution in [0.3, 0.4) is 0 Å². The Balaban J connectivity index is 1.61. The molecule has 2 aliphatic heterocycles. The number of carbonyl (C=O) groups excluding carboxylic acids is 1. The molecule has 0 aliphatic carbocycles. The fourth-order valence-electron chi connectivity index (χ4n) is 3.42. The highest BCUT2D eigenvalue weighted by molar-refractivity contribution is 5.89. The summed E-state index contributed by atoms with van der Waals surface area (Å²) in [6.45, 7) is 1.55. The summed E-state index contributed by atoms with van der Waals surface area (Å²) in [5.41, 5.74) is 0.497. The highest BCUT2D eigenvalue weighted by Crippen LogP contribution is 2.35. The first kappa shape index (κ1) is 20.2. The molecule has 0 spiro atoms. The number of benzene rings is 1. The minimum absolute atomic E-state index is 0.0625. The lowest BCUT2D eigenvalue weighted by Crippen LogP contribution is -2.38. The van der Waals surface area contributed by atoms with E-state index in [-0.39, 0.29) is 37.6 Å². The molecule has 0 amide bonds. The summed E-state index contributed by atoms with van der Waals surface area (Å²) in [6.07, 6.45) is 0.347. The van der Waals surface area contributed by atoms with Crippen LogP contribution in [-0.2, 0) is 23.8 Å². The van der Waals surface area contributed by atoms with Gasteiger partial charge in [-0.25, -0.2) is 4.79 Å². The molecule has 0 bridgehead atoms. The van der Waals surface area contributed by atoms with Gasteiger partial charge in [-0.1, -0.05) is 18.2 Å². The molecule has 2 heterocycles. The standard InChI is InChI=1S/C19H27NO7/c1-23-9-10-24-13-25-17-12-20-16(11-15(27-20)7-8-21)18(17)26-19(22)14-5-3-2-4-6-14/h2-6,15-18,21H,7-13H2,1H3/t15-,16+,17-,18+/m1/s1. The number of rotatable bonds is 10. The Morgan fingerprint density at radius 3 is 2.85 bits per heavy atom. The maximum absolute atomic E-state index is 12.5. The summed E-state index contributed by atoms with van der Waals surface area (Å²) in [6, 6.07) is 8.78. The van der Waals surface area contributed by atoms with Gasteiger partial charge in [0.1, 0.15) is 19.0 Å². The first-order chi connectivity index (χ1) is 13.2.